The molecule has 1 unspecified atom stereocenters. The maximum atomic E-state index is 14.4. The van der Waals surface area contributed by atoms with Gasteiger partial charge in [-0.15, -0.1) is 0 Å². The second kappa shape index (κ2) is 7.86. The fraction of sp³-hybridized carbons (Fsp3) is 0.238. The number of aromatic amines is 2. The number of H-pyrrole nitrogens is 2. The molecule has 160 valence electrons. The standard InChI is InChI=1S/C21H18F3N5O2/c1-10(14-7-15(14)12-3-5-13(6-4-12)18(23)24)19-25-9-17(22)29(19)28-11(2)16-8-26-21(31)27-20(16)30/h3-6,8-9,14-15,18H,1,7H2,2H3,(H2,26,27,30,31)/b28-11+/t14-,15?/m1/s1. The molecule has 2 heterocycles. The van der Waals surface area contributed by atoms with Crippen LogP contribution < -0.4 is 11.2 Å². The number of imidazole rings is 1. The lowest BCUT2D eigenvalue weighted by molar-refractivity contribution is 0.151. The predicted molar refractivity (Wildman–Crippen MR) is 109 cm³/mol. The Kier molecular flexibility index (Phi) is 5.22. The Morgan fingerprint density at radius 1 is 1.29 bits per heavy atom. The van der Waals surface area contributed by atoms with E-state index < -0.39 is 23.6 Å². The number of allylic oxidation sites excluding steroid dienone is 1. The number of nitrogens with zero attached hydrogens (tertiary/aromatic N) is 3. The molecule has 1 aromatic carbocycles. The van der Waals surface area contributed by atoms with Crippen molar-refractivity contribution in [3.63, 3.8) is 0 Å². The molecule has 2 atom stereocenters. The fourth-order valence-corrected chi connectivity index (χ4v) is 3.52. The first-order valence-electron chi connectivity index (χ1n) is 9.44. The Hall–Kier alpha value is -3.69. The molecule has 1 aliphatic carbocycles. The molecular weight excluding hydrogens is 411 g/mol. The smallest absolute Gasteiger partial charge is 0.313 e. The van der Waals surface area contributed by atoms with Gasteiger partial charge in [-0.25, -0.2) is 18.6 Å². The van der Waals surface area contributed by atoms with E-state index in [0.717, 1.165) is 22.9 Å². The van der Waals surface area contributed by atoms with Crippen LogP contribution in [0.2, 0.25) is 0 Å². The third-order valence-electron chi connectivity index (χ3n) is 5.30. The Bertz CT molecular complexity index is 1290. The summed E-state index contributed by atoms with van der Waals surface area (Å²) in [5, 5.41) is 4.15. The molecule has 0 saturated heterocycles. The Balaban J connectivity index is 1.58. The summed E-state index contributed by atoms with van der Waals surface area (Å²) in [6.07, 6.45) is 0.404. The van der Waals surface area contributed by atoms with E-state index in [0.29, 0.717) is 5.57 Å². The van der Waals surface area contributed by atoms with Crippen LogP contribution in [0.4, 0.5) is 13.2 Å². The number of aromatic nitrogens is 4. The van der Waals surface area contributed by atoms with E-state index in [1.807, 2.05) is 0 Å². The van der Waals surface area contributed by atoms with E-state index in [-0.39, 0.29) is 34.5 Å². The summed E-state index contributed by atoms with van der Waals surface area (Å²) in [5.41, 5.74) is 0.337. The summed E-state index contributed by atoms with van der Waals surface area (Å²) >= 11 is 0. The third-order valence-corrected chi connectivity index (χ3v) is 5.30. The zero-order valence-electron chi connectivity index (χ0n) is 16.4. The highest BCUT2D eigenvalue weighted by atomic mass is 19.3. The summed E-state index contributed by atoms with van der Waals surface area (Å²) < 4.78 is 40.8. The number of alkyl halides is 2. The highest BCUT2D eigenvalue weighted by Gasteiger charge is 2.42. The quantitative estimate of drug-likeness (QED) is 0.588. The van der Waals surface area contributed by atoms with Gasteiger partial charge in [-0.3, -0.25) is 9.78 Å². The molecule has 1 fully saturated rings. The minimum absolute atomic E-state index is 0.0371. The van der Waals surface area contributed by atoms with E-state index >= 15 is 0 Å². The molecule has 0 spiro atoms. The largest absolute Gasteiger partial charge is 0.325 e. The summed E-state index contributed by atoms with van der Waals surface area (Å²) in [4.78, 5) is 31.6. The maximum Gasteiger partial charge on any atom is 0.325 e. The van der Waals surface area contributed by atoms with Crippen LogP contribution in [0.3, 0.4) is 0 Å². The van der Waals surface area contributed by atoms with E-state index in [2.05, 4.69) is 26.6 Å². The van der Waals surface area contributed by atoms with Crippen LogP contribution in [0, 0.1) is 11.9 Å². The van der Waals surface area contributed by atoms with Gasteiger partial charge >= 0.3 is 5.69 Å². The average Bonchev–Trinajstić information content (AvgIpc) is 3.46. The van der Waals surface area contributed by atoms with Crippen LogP contribution in [-0.4, -0.2) is 25.3 Å². The Labute approximate surface area is 174 Å². The highest BCUT2D eigenvalue weighted by Crippen LogP contribution is 2.54. The first-order valence-corrected chi connectivity index (χ1v) is 9.44. The molecule has 0 aliphatic heterocycles. The van der Waals surface area contributed by atoms with Crippen molar-refractivity contribution < 1.29 is 13.2 Å². The van der Waals surface area contributed by atoms with Crippen molar-refractivity contribution in [1.82, 2.24) is 19.6 Å². The van der Waals surface area contributed by atoms with Crippen LogP contribution in [-0.2, 0) is 0 Å². The first-order chi connectivity index (χ1) is 14.8. The normalized spacial score (nSPS) is 18.4. The number of halogens is 3. The molecule has 1 aliphatic rings. The zero-order chi connectivity index (χ0) is 22.3. The van der Waals surface area contributed by atoms with Crippen molar-refractivity contribution >= 4 is 11.3 Å². The molecule has 4 rings (SSSR count). The molecule has 31 heavy (non-hydrogen) atoms. The zero-order valence-corrected chi connectivity index (χ0v) is 16.4. The Morgan fingerprint density at radius 2 is 2.00 bits per heavy atom. The van der Waals surface area contributed by atoms with Crippen molar-refractivity contribution in [2.75, 3.05) is 0 Å². The summed E-state index contributed by atoms with van der Waals surface area (Å²) in [7, 11) is 0. The van der Waals surface area contributed by atoms with E-state index in [9.17, 15) is 22.8 Å². The van der Waals surface area contributed by atoms with Gasteiger partial charge in [0.25, 0.3) is 12.0 Å². The van der Waals surface area contributed by atoms with Gasteiger partial charge in [-0.2, -0.15) is 14.2 Å². The second-order valence-electron chi connectivity index (χ2n) is 7.33. The van der Waals surface area contributed by atoms with E-state index in [1.54, 1.807) is 12.1 Å². The fourth-order valence-electron chi connectivity index (χ4n) is 3.52. The van der Waals surface area contributed by atoms with Crippen LogP contribution in [0.5, 0.6) is 0 Å². The predicted octanol–water partition coefficient (Wildman–Crippen LogP) is 3.43. The maximum absolute atomic E-state index is 14.4. The molecule has 3 aromatic rings. The molecule has 0 amide bonds. The molecule has 0 radical (unpaired) electrons. The Morgan fingerprint density at radius 3 is 2.65 bits per heavy atom. The molecular formula is C21H18F3N5O2. The van der Waals surface area contributed by atoms with Gasteiger partial charge in [0, 0.05) is 11.8 Å². The third kappa shape index (κ3) is 4.00. The number of nitrogens with one attached hydrogen (secondary N) is 2. The monoisotopic (exact) mass is 429 g/mol. The number of hydrogen-bond donors (Lipinski definition) is 2. The van der Waals surface area contributed by atoms with Gasteiger partial charge < -0.3 is 4.98 Å². The average molecular weight is 429 g/mol. The van der Waals surface area contributed by atoms with E-state index in [4.69, 9.17) is 0 Å². The molecule has 10 heteroatoms. The van der Waals surface area contributed by atoms with Gasteiger partial charge in [-0.1, -0.05) is 30.8 Å². The highest BCUT2D eigenvalue weighted by molar-refractivity contribution is 5.98. The number of benzene rings is 1. The number of rotatable bonds is 6. The lowest BCUT2D eigenvalue weighted by Crippen LogP contribution is -2.26. The molecule has 1 saturated carbocycles. The SMILES string of the molecule is C=C(c1ncc(F)n1/N=C(\C)c1c[nH]c(=O)[nH]c1=O)[C@H]1CC1c1ccc(C(F)F)cc1. The minimum atomic E-state index is -2.52. The molecule has 2 N–H and O–H groups in total. The topological polar surface area (TPSA) is 95.9 Å². The van der Waals surface area contributed by atoms with Crippen molar-refractivity contribution in [2.24, 2.45) is 11.0 Å². The van der Waals surface area contributed by atoms with Gasteiger partial charge in [0.15, 0.2) is 5.82 Å². The minimum Gasteiger partial charge on any atom is -0.313 e. The second-order valence-corrected chi connectivity index (χ2v) is 7.33. The van der Waals surface area contributed by atoms with Gasteiger partial charge in [0.05, 0.1) is 17.5 Å². The number of hydrogen-bond acceptors (Lipinski definition) is 4. The lowest BCUT2D eigenvalue weighted by atomic mass is 10.0. The first kappa shape index (κ1) is 20.6. The summed E-state index contributed by atoms with van der Waals surface area (Å²) in [5.74, 6) is -0.506. The summed E-state index contributed by atoms with van der Waals surface area (Å²) in [6, 6.07) is 6.12. The van der Waals surface area contributed by atoms with Crippen LogP contribution in [0.15, 0.2) is 57.9 Å². The molecule has 7 nitrogen and oxygen atoms in total. The van der Waals surface area contributed by atoms with Crippen molar-refractivity contribution in [3.05, 3.63) is 92.5 Å². The lowest BCUT2D eigenvalue weighted by Gasteiger charge is -2.08. The van der Waals surface area contributed by atoms with Crippen molar-refractivity contribution in [3.8, 4) is 0 Å². The van der Waals surface area contributed by atoms with Crippen molar-refractivity contribution in [2.45, 2.75) is 25.7 Å². The van der Waals surface area contributed by atoms with Gasteiger partial charge in [0.2, 0.25) is 5.95 Å². The van der Waals surface area contributed by atoms with Crippen molar-refractivity contribution in [1.29, 1.82) is 0 Å². The molecule has 0 bridgehead atoms. The van der Waals surface area contributed by atoms with E-state index in [1.165, 1.54) is 25.3 Å². The van der Waals surface area contributed by atoms with Crippen LogP contribution in [0.1, 0.15) is 48.2 Å². The van der Waals surface area contributed by atoms with Gasteiger partial charge in [-0.05, 0) is 36.3 Å². The van der Waals surface area contributed by atoms with Crippen LogP contribution >= 0.6 is 0 Å². The molecule has 2 aromatic heterocycles. The van der Waals surface area contributed by atoms with Crippen LogP contribution in [0.25, 0.3) is 5.57 Å². The summed E-state index contributed by atoms with van der Waals surface area (Å²) in [6.45, 7) is 5.54. The van der Waals surface area contributed by atoms with Gasteiger partial charge in [0.1, 0.15) is 0 Å².